The van der Waals surface area contributed by atoms with E-state index in [9.17, 15) is 0 Å². The standard InChI is InChI=1S/C22H20BrClN4S/c1-3-17-18(15-4-6-16(23)7-5-15)19-20(26-22(24)27-21(19)29-17)28(2)13-10-14-8-11-25-12-9-14/h4-9,11-12H,3,10,13H2,1-2H3. The number of likely N-dealkylation sites (N-methyl/N-ethyl adjacent to an activating group) is 1. The number of aromatic nitrogens is 3. The first-order valence-corrected chi connectivity index (χ1v) is 11.4. The molecule has 0 saturated carbocycles. The minimum absolute atomic E-state index is 0.287. The molecule has 0 bridgehead atoms. The number of hydrogen-bond donors (Lipinski definition) is 0. The largest absolute Gasteiger partial charge is 0.359 e. The molecule has 7 heteroatoms. The quantitative estimate of drug-likeness (QED) is 0.295. The van der Waals surface area contributed by atoms with Crippen molar-refractivity contribution in [3.63, 3.8) is 0 Å². The molecule has 0 fully saturated rings. The van der Waals surface area contributed by atoms with Crippen molar-refractivity contribution in [2.45, 2.75) is 19.8 Å². The molecule has 0 unspecified atom stereocenters. The first kappa shape index (κ1) is 20.3. The zero-order valence-corrected chi connectivity index (χ0v) is 19.4. The van der Waals surface area contributed by atoms with Crippen molar-refractivity contribution in [3.05, 3.63) is 69.0 Å². The highest BCUT2D eigenvalue weighted by Gasteiger charge is 2.21. The van der Waals surface area contributed by atoms with E-state index in [0.29, 0.717) is 0 Å². The fraction of sp³-hybridized carbons (Fsp3) is 0.227. The van der Waals surface area contributed by atoms with Gasteiger partial charge in [-0.2, -0.15) is 4.98 Å². The summed E-state index contributed by atoms with van der Waals surface area (Å²) in [5, 5.41) is 1.37. The Kier molecular flexibility index (Phi) is 6.13. The van der Waals surface area contributed by atoms with Crippen molar-refractivity contribution in [2.24, 2.45) is 0 Å². The maximum absolute atomic E-state index is 6.30. The number of aryl methyl sites for hydroxylation is 1. The average Bonchev–Trinajstić information content (AvgIpc) is 3.11. The summed E-state index contributed by atoms with van der Waals surface area (Å²) in [7, 11) is 2.06. The number of anilines is 1. The average molecular weight is 488 g/mol. The van der Waals surface area contributed by atoms with Crippen LogP contribution in [0.4, 0.5) is 5.82 Å². The maximum Gasteiger partial charge on any atom is 0.225 e. The van der Waals surface area contributed by atoms with Gasteiger partial charge in [0.05, 0.1) is 5.39 Å². The summed E-state index contributed by atoms with van der Waals surface area (Å²) in [6.07, 6.45) is 5.49. The van der Waals surface area contributed by atoms with E-state index in [1.54, 1.807) is 11.3 Å². The smallest absolute Gasteiger partial charge is 0.225 e. The van der Waals surface area contributed by atoms with Crippen LogP contribution in [-0.2, 0) is 12.8 Å². The molecule has 4 rings (SSSR count). The Hall–Kier alpha value is -2.02. The van der Waals surface area contributed by atoms with Crippen molar-refractivity contribution >= 4 is 54.9 Å². The number of pyridine rings is 1. The third kappa shape index (κ3) is 4.29. The summed E-state index contributed by atoms with van der Waals surface area (Å²) >= 11 is 11.5. The van der Waals surface area contributed by atoms with E-state index in [4.69, 9.17) is 11.6 Å². The van der Waals surface area contributed by atoms with Crippen molar-refractivity contribution in [1.82, 2.24) is 15.0 Å². The van der Waals surface area contributed by atoms with Gasteiger partial charge in [-0.25, -0.2) is 4.98 Å². The van der Waals surface area contributed by atoms with E-state index >= 15 is 0 Å². The molecule has 0 aliphatic heterocycles. The summed E-state index contributed by atoms with van der Waals surface area (Å²) in [5.74, 6) is 0.878. The van der Waals surface area contributed by atoms with Gasteiger partial charge in [0.15, 0.2) is 0 Å². The van der Waals surface area contributed by atoms with Crippen LogP contribution in [0, 0.1) is 0 Å². The number of halogens is 2. The fourth-order valence-corrected chi connectivity index (χ4v) is 5.01. The minimum atomic E-state index is 0.287. The molecular weight excluding hydrogens is 468 g/mol. The summed E-state index contributed by atoms with van der Waals surface area (Å²) < 4.78 is 1.06. The maximum atomic E-state index is 6.30. The van der Waals surface area contributed by atoms with Crippen LogP contribution in [0.3, 0.4) is 0 Å². The second-order valence-electron chi connectivity index (χ2n) is 6.78. The molecule has 0 spiro atoms. The number of nitrogens with zero attached hydrogens (tertiary/aromatic N) is 4. The van der Waals surface area contributed by atoms with E-state index in [2.05, 4.69) is 74.0 Å². The lowest BCUT2D eigenvalue weighted by atomic mass is 10.0. The second-order valence-corrected chi connectivity index (χ2v) is 9.12. The van der Waals surface area contributed by atoms with Crippen LogP contribution in [0.25, 0.3) is 21.3 Å². The van der Waals surface area contributed by atoms with Crippen LogP contribution in [0.1, 0.15) is 17.4 Å². The third-order valence-corrected chi connectivity index (χ3v) is 6.80. The molecule has 0 aliphatic carbocycles. The highest BCUT2D eigenvalue weighted by Crippen LogP contribution is 2.43. The van der Waals surface area contributed by atoms with Crippen molar-refractivity contribution < 1.29 is 0 Å². The lowest BCUT2D eigenvalue weighted by molar-refractivity contribution is 0.861. The molecule has 3 heterocycles. The second kappa shape index (κ2) is 8.78. The number of benzene rings is 1. The first-order valence-electron chi connectivity index (χ1n) is 9.41. The van der Waals surface area contributed by atoms with Crippen molar-refractivity contribution in [1.29, 1.82) is 0 Å². The molecule has 0 aliphatic rings. The van der Waals surface area contributed by atoms with Crippen LogP contribution in [0.2, 0.25) is 5.28 Å². The molecule has 0 atom stereocenters. The molecule has 29 heavy (non-hydrogen) atoms. The number of rotatable bonds is 6. The Morgan fingerprint density at radius 2 is 1.79 bits per heavy atom. The molecule has 1 aromatic carbocycles. The van der Waals surface area contributed by atoms with Crippen LogP contribution >= 0.6 is 38.9 Å². The molecule has 0 saturated heterocycles. The van der Waals surface area contributed by atoms with E-state index in [1.807, 2.05) is 24.5 Å². The van der Waals surface area contributed by atoms with E-state index < -0.39 is 0 Å². The number of thiophene rings is 1. The minimum Gasteiger partial charge on any atom is -0.359 e. The molecule has 4 aromatic rings. The Morgan fingerprint density at radius 1 is 1.07 bits per heavy atom. The summed E-state index contributed by atoms with van der Waals surface area (Å²) in [5.41, 5.74) is 3.63. The van der Waals surface area contributed by atoms with Crippen molar-refractivity contribution in [3.8, 4) is 11.1 Å². The highest BCUT2D eigenvalue weighted by molar-refractivity contribution is 9.10. The topological polar surface area (TPSA) is 41.9 Å². The van der Waals surface area contributed by atoms with E-state index in [1.165, 1.54) is 21.6 Å². The lowest BCUT2D eigenvalue weighted by Gasteiger charge is -2.20. The Morgan fingerprint density at radius 3 is 2.48 bits per heavy atom. The van der Waals surface area contributed by atoms with E-state index in [0.717, 1.165) is 39.9 Å². The molecule has 3 aromatic heterocycles. The van der Waals surface area contributed by atoms with Gasteiger partial charge in [-0.05, 0) is 59.8 Å². The molecule has 0 radical (unpaired) electrons. The van der Waals surface area contributed by atoms with Gasteiger partial charge in [-0.3, -0.25) is 4.98 Å². The molecule has 148 valence electrons. The van der Waals surface area contributed by atoms with Crippen molar-refractivity contribution in [2.75, 3.05) is 18.5 Å². The van der Waals surface area contributed by atoms with Crippen LogP contribution in [0.15, 0.2) is 53.3 Å². The van der Waals surface area contributed by atoms with Gasteiger partial charge in [0, 0.05) is 40.9 Å². The first-order chi connectivity index (χ1) is 14.1. The number of fused-ring (bicyclic) bond motifs is 1. The summed E-state index contributed by atoms with van der Waals surface area (Å²) in [6.45, 7) is 3.00. The van der Waals surface area contributed by atoms with Gasteiger partial charge < -0.3 is 4.90 Å². The predicted octanol–water partition coefficient (Wildman–Crippen LogP) is 6.41. The van der Waals surface area contributed by atoms with Gasteiger partial charge >= 0.3 is 0 Å². The SMILES string of the molecule is CCc1sc2nc(Cl)nc(N(C)CCc3ccncc3)c2c1-c1ccc(Br)cc1. The molecule has 0 N–H and O–H groups in total. The van der Waals surface area contributed by atoms with Gasteiger partial charge in [0.1, 0.15) is 10.6 Å². The summed E-state index contributed by atoms with van der Waals surface area (Å²) in [6, 6.07) is 12.5. The monoisotopic (exact) mass is 486 g/mol. The Labute approximate surface area is 187 Å². The third-order valence-electron chi connectivity index (χ3n) is 4.88. The zero-order valence-electron chi connectivity index (χ0n) is 16.2. The van der Waals surface area contributed by atoms with Gasteiger partial charge in [-0.1, -0.05) is 35.0 Å². The predicted molar refractivity (Wildman–Crippen MR) is 126 cm³/mol. The fourth-order valence-electron chi connectivity index (χ4n) is 3.40. The summed E-state index contributed by atoms with van der Waals surface area (Å²) in [4.78, 5) is 17.7. The Bertz CT molecular complexity index is 1130. The zero-order chi connectivity index (χ0) is 20.4. The normalized spacial score (nSPS) is 11.2. The van der Waals surface area contributed by atoms with Crippen LogP contribution < -0.4 is 4.90 Å². The Balaban J connectivity index is 1.80. The highest BCUT2D eigenvalue weighted by atomic mass is 79.9. The molecule has 0 amide bonds. The molecular formula is C22H20BrClN4S. The molecule has 4 nitrogen and oxygen atoms in total. The lowest BCUT2D eigenvalue weighted by Crippen LogP contribution is -2.22. The van der Waals surface area contributed by atoms with Crippen LogP contribution in [0.5, 0.6) is 0 Å². The van der Waals surface area contributed by atoms with Crippen LogP contribution in [-0.4, -0.2) is 28.5 Å². The van der Waals surface area contributed by atoms with E-state index in [-0.39, 0.29) is 5.28 Å². The van der Waals surface area contributed by atoms with Gasteiger partial charge in [0.2, 0.25) is 5.28 Å². The van der Waals surface area contributed by atoms with Gasteiger partial charge in [-0.15, -0.1) is 11.3 Å². The number of hydrogen-bond acceptors (Lipinski definition) is 5. The van der Waals surface area contributed by atoms with Gasteiger partial charge in [0.25, 0.3) is 0 Å².